The highest BCUT2D eigenvalue weighted by Crippen LogP contribution is 2.15. The minimum absolute atomic E-state index is 0.136. The molecule has 0 aromatic carbocycles. The zero-order valence-corrected chi connectivity index (χ0v) is 11.2. The molecule has 1 fully saturated rings. The van der Waals surface area contributed by atoms with Gasteiger partial charge in [0.1, 0.15) is 0 Å². The van der Waals surface area contributed by atoms with Crippen LogP contribution in [0.1, 0.15) is 19.3 Å². The average Bonchev–Trinajstić information content (AvgIpc) is 2.35. The van der Waals surface area contributed by atoms with Crippen molar-refractivity contribution < 1.29 is 9.53 Å². The molecule has 0 aromatic rings. The fourth-order valence-electron chi connectivity index (χ4n) is 2.19. The Morgan fingerprint density at radius 2 is 2.12 bits per heavy atom. The maximum Gasteiger partial charge on any atom is 0.225 e. The number of piperidine rings is 1. The monoisotopic (exact) mass is 243 g/mol. The standard InChI is InChI=1S/C12H25N3O2/c1-14-6-4-10(5-7-14)15(2)12(16)8-11(9-13)17-3/h10-11H,4-9,13H2,1-3H3. The molecule has 0 radical (unpaired) electrons. The van der Waals surface area contributed by atoms with E-state index in [0.717, 1.165) is 25.9 Å². The normalized spacial score (nSPS) is 20.2. The molecule has 17 heavy (non-hydrogen) atoms. The first kappa shape index (κ1) is 14.4. The molecule has 5 nitrogen and oxygen atoms in total. The second kappa shape index (κ2) is 6.93. The third-order valence-corrected chi connectivity index (χ3v) is 3.63. The van der Waals surface area contributed by atoms with Crippen molar-refractivity contribution >= 4 is 5.91 Å². The molecule has 1 heterocycles. The summed E-state index contributed by atoms with van der Waals surface area (Å²) in [5.74, 6) is 0.136. The van der Waals surface area contributed by atoms with Crippen molar-refractivity contribution in [1.82, 2.24) is 9.80 Å². The number of nitrogens with two attached hydrogens (primary N) is 1. The van der Waals surface area contributed by atoms with Crippen molar-refractivity contribution in [2.24, 2.45) is 5.73 Å². The van der Waals surface area contributed by atoms with Crippen molar-refractivity contribution in [3.8, 4) is 0 Å². The smallest absolute Gasteiger partial charge is 0.225 e. The summed E-state index contributed by atoms with van der Waals surface area (Å²) in [7, 11) is 5.61. The Morgan fingerprint density at radius 1 is 1.53 bits per heavy atom. The third kappa shape index (κ3) is 4.26. The first-order valence-electron chi connectivity index (χ1n) is 6.25. The van der Waals surface area contributed by atoms with E-state index < -0.39 is 0 Å². The fraction of sp³-hybridized carbons (Fsp3) is 0.917. The Kier molecular flexibility index (Phi) is 5.88. The Balaban J connectivity index is 2.40. The summed E-state index contributed by atoms with van der Waals surface area (Å²) in [5, 5.41) is 0. The lowest BCUT2D eigenvalue weighted by molar-refractivity contribution is -0.135. The van der Waals surface area contributed by atoms with E-state index >= 15 is 0 Å². The minimum atomic E-state index is -0.156. The summed E-state index contributed by atoms with van der Waals surface area (Å²) in [4.78, 5) is 16.2. The van der Waals surface area contributed by atoms with Crippen LogP contribution in [-0.2, 0) is 9.53 Å². The van der Waals surface area contributed by atoms with Gasteiger partial charge in [-0.3, -0.25) is 4.79 Å². The van der Waals surface area contributed by atoms with Gasteiger partial charge in [0.25, 0.3) is 0 Å². The maximum atomic E-state index is 12.0. The van der Waals surface area contributed by atoms with E-state index in [4.69, 9.17) is 10.5 Å². The molecular weight excluding hydrogens is 218 g/mol. The summed E-state index contributed by atoms with van der Waals surface area (Å²) in [6.45, 7) is 2.52. The van der Waals surface area contributed by atoms with Gasteiger partial charge in [-0.15, -0.1) is 0 Å². The average molecular weight is 243 g/mol. The first-order valence-corrected chi connectivity index (χ1v) is 6.25. The molecule has 0 aliphatic carbocycles. The number of rotatable bonds is 5. The van der Waals surface area contributed by atoms with Gasteiger partial charge in [-0.25, -0.2) is 0 Å². The first-order chi connectivity index (χ1) is 8.08. The van der Waals surface area contributed by atoms with Gasteiger partial charge in [0.2, 0.25) is 5.91 Å². The minimum Gasteiger partial charge on any atom is -0.380 e. The van der Waals surface area contributed by atoms with E-state index in [1.165, 1.54) is 0 Å². The molecule has 1 aliphatic heterocycles. The van der Waals surface area contributed by atoms with Crippen LogP contribution in [0.2, 0.25) is 0 Å². The third-order valence-electron chi connectivity index (χ3n) is 3.63. The van der Waals surface area contributed by atoms with Crippen molar-refractivity contribution in [1.29, 1.82) is 0 Å². The second-order valence-corrected chi connectivity index (χ2v) is 4.84. The van der Waals surface area contributed by atoms with Crippen LogP contribution in [0.3, 0.4) is 0 Å². The number of likely N-dealkylation sites (tertiary alicyclic amines) is 1. The Morgan fingerprint density at radius 3 is 2.59 bits per heavy atom. The van der Waals surface area contributed by atoms with E-state index in [0.29, 0.717) is 19.0 Å². The van der Waals surface area contributed by atoms with E-state index in [-0.39, 0.29) is 12.0 Å². The molecule has 1 aliphatic rings. The summed E-state index contributed by atoms with van der Waals surface area (Å²) < 4.78 is 5.14. The number of carbonyl (C=O) groups is 1. The van der Waals surface area contributed by atoms with Crippen LogP contribution in [0.5, 0.6) is 0 Å². The van der Waals surface area contributed by atoms with Gasteiger partial charge < -0.3 is 20.3 Å². The Labute approximate surface area is 104 Å². The number of ether oxygens (including phenoxy) is 1. The zero-order chi connectivity index (χ0) is 12.8. The van der Waals surface area contributed by atoms with Crippen LogP contribution < -0.4 is 5.73 Å². The molecule has 1 amide bonds. The topological polar surface area (TPSA) is 58.8 Å². The van der Waals surface area contributed by atoms with E-state index in [2.05, 4.69) is 11.9 Å². The van der Waals surface area contributed by atoms with Crippen LogP contribution in [0.25, 0.3) is 0 Å². The van der Waals surface area contributed by atoms with Gasteiger partial charge in [0.15, 0.2) is 0 Å². The van der Waals surface area contributed by atoms with Gasteiger partial charge in [-0.1, -0.05) is 0 Å². The molecule has 0 aromatic heterocycles. The summed E-state index contributed by atoms with van der Waals surface area (Å²) in [6, 6.07) is 0.369. The summed E-state index contributed by atoms with van der Waals surface area (Å²) >= 11 is 0. The number of carbonyl (C=O) groups excluding carboxylic acids is 1. The highest BCUT2D eigenvalue weighted by Gasteiger charge is 2.25. The maximum absolute atomic E-state index is 12.0. The largest absolute Gasteiger partial charge is 0.380 e. The molecule has 0 spiro atoms. The molecule has 0 saturated carbocycles. The Hall–Kier alpha value is -0.650. The second-order valence-electron chi connectivity index (χ2n) is 4.84. The van der Waals surface area contributed by atoms with E-state index in [9.17, 15) is 4.79 Å². The van der Waals surface area contributed by atoms with Crippen molar-refractivity contribution in [2.45, 2.75) is 31.4 Å². The van der Waals surface area contributed by atoms with Gasteiger partial charge in [-0.2, -0.15) is 0 Å². The van der Waals surface area contributed by atoms with Crippen LogP contribution in [0.15, 0.2) is 0 Å². The van der Waals surface area contributed by atoms with Crippen LogP contribution in [0, 0.1) is 0 Å². The van der Waals surface area contributed by atoms with Crippen molar-refractivity contribution in [2.75, 3.05) is 40.8 Å². The molecule has 5 heteroatoms. The lowest BCUT2D eigenvalue weighted by Crippen LogP contribution is -2.45. The lowest BCUT2D eigenvalue weighted by Gasteiger charge is -2.35. The molecular formula is C12H25N3O2. The molecule has 2 N–H and O–H groups in total. The Bertz CT molecular complexity index is 236. The zero-order valence-electron chi connectivity index (χ0n) is 11.2. The highest BCUT2D eigenvalue weighted by atomic mass is 16.5. The van der Waals surface area contributed by atoms with Gasteiger partial charge in [-0.05, 0) is 33.0 Å². The van der Waals surface area contributed by atoms with Crippen LogP contribution in [0.4, 0.5) is 0 Å². The predicted molar refractivity (Wildman–Crippen MR) is 67.8 cm³/mol. The van der Waals surface area contributed by atoms with E-state index in [1.54, 1.807) is 7.11 Å². The van der Waals surface area contributed by atoms with Gasteiger partial charge >= 0.3 is 0 Å². The molecule has 1 atom stereocenters. The van der Waals surface area contributed by atoms with Gasteiger partial charge in [0, 0.05) is 26.7 Å². The SMILES string of the molecule is COC(CN)CC(=O)N(C)C1CCN(C)CC1. The predicted octanol–water partition coefficient (Wildman–Crippen LogP) is -0.0972. The number of amides is 1. The number of hydrogen-bond donors (Lipinski definition) is 1. The van der Waals surface area contributed by atoms with Gasteiger partial charge in [0.05, 0.1) is 12.5 Å². The number of nitrogens with zero attached hydrogens (tertiary/aromatic N) is 2. The van der Waals surface area contributed by atoms with Crippen molar-refractivity contribution in [3.05, 3.63) is 0 Å². The number of hydrogen-bond acceptors (Lipinski definition) is 4. The lowest BCUT2D eigenvalue weighted by atomic mass is 10.0. The van der Waals surface area contributed by atoms with Crippen LogP contribution in [-0.4, -0.2) is 68.7 Å². The summed E-state index contributed by atoms with van der Waals surface area (Å²) in [6.07, 6.45) is 2.34. The molecule has 1 saturated heterocycles. The van der Waals surface area contributed by atoms with Crippen molar-refractivity contribution in [3.63, 3.8) is 0 Å². The number of methoxy groups -OCH3 is 1. The molecule has 1 unspecified atom stereocenters. The highest BCUT2D eigenvalue weighted by molar-refractivity contribution is 5.76. The quantitative estimate of drug-likeness (QED) is 0.733. The fourth-order valence-corrected chi connectivity index (χ4v) is 2.19. The van der Waals surface area contributed by atoms with E-state index in [1.807, 2.05) is 11.9 Å². The summed E-state index contributed by atoms with van der Waals surface area (Å²) in [5.41, 5.74) is 5.53. The molecule has 0 bridgehead atoms. The molecule has 1 rings (SSSR count). The van der Waals surface area contributed by atoms with Crippen LogP contribution >= 0.6 is 0 Å². The molecule has 100 valence electrons.